The first-order valence-electron chi connectivity index (χ1n) is 8.67. The molecule has 1 aromatic carbocycles. The predicted molar refractivity (Wildman–Crippen MR) is 105 cm³/mol. The molecule has 0 unspecified atom stereocenters. The maximum absolute atomic E-state index is 12.3. The van der Waals surface area contributed by atoms with Crippen LogP contribution in [0, 0.1) is 0 Å². The van der Waals surface area contributed by atoms with Gasteiger partial charge in [0.15, 0.2) is 5.13 Å². The number of anilines is 2. The van der Waals surface area contributed by atoms with E-state index in [2.05, 4.69) is 25.1 Å². The summed E-state index contributed by atoms with van der Waals surface area (Å²) in [7, 11) is 0. The number of carbonyl (C=O) groups is 1. The van der Waals surface area contributed by atoms with Crippen molar-refractivity contribution in [2.75, 3.05) is 43.8 Å². The average molecular weight is 370 g/mol. The zero-order valence-corrected chi connectivity index (χ0v) is 15.3. The molecule has 4 rings (SSSR count). The molecule has 0 bridgehead atoms. The molecule has 7 nitrogen and oxygen atoms in total. The van der Waals surface area contributed by atoms with E-state index in [4.69, 9.17) is 5.73 Å². The second-order valence-electron chi connectivity index (χ2n) is 6.54. The molecular weight excluding hydrogens is 348 g/mol. The van der Waals surface area contributed by atoms with Crippen molar-refractivity contribution in [2.24, 2.45) is 0 Å². The van der Waals surface area contributed by atoms with Gasteiger partial charge in [0.25, 0.3) is 0 Å². The summed E-state index contributed by atoms with van der Waals surface area (Å²) < 4.78 is 0. The van der Waals surface area contributed by atoms with Gasteiger partial charge in [-0.05, 0) is 24.3 Å². The van der Waals surface area contributed by atoms with Gasteiger partial charge in [0.2, 0.25) is 5.91 Å². The van der Waals surface area contributed by atoms with Crippen molar-refractivity contribution in [1.29, 1.82) is 0 Å². The lowest BCUT2D eigenvalue weighted by molar-refractivity contribution is -0.117. The highest BCUT2D eigenvalue weighted by molar-refractivity contribution is 7.15. The Bertz CT molecular complexity index is 896. The Morgan fingerprint density at radius 3 is 2.81 bits per heavy atom. The summed E-state index contributed by atoms with van der Waals surface area (Å²) in [5.41, 5.74) is 7.59. The summed E-state index contributed by atoms with van der Waals surface area (Å²) in [6.07, 6.45) is 3.75. The average Bonchev–Trinajstić information content (AvgIpc) is 3.25. The van der Waals surface area contributed by atoms with E-state index in [-0.39, 0.29) is 5.91 Å². The van der Waals surface area contributed by atoms with E-state index in [9.17, 15) is 4.79 Å². The minimum atomic E-state index is 0.0311. The topological polar surface area (TPSA) is 90.3 Å². The number of benzene rings is 1. The molecule has 0 aliphatic carbocycles. The van der Waals surface area contributed by atoms with Crippen molar-refractivity contribution in [3.8, 4) is 0 Å². The second kappa shape index (κ2) is 7.45. The summed E-state index contributed by atoms with van der Waals surface area (Å²) in [5.74, 6) is 0.0311. The monoisotopic (exact) mass is 370 g/mol. The van der Waals surface area contributed by atoms with Crippen LogP contribution in [-0.2, 0) is 11.3 Å². The van der Waals surface area contributed by atoms with Gasteiger partial charge < -0.3 is 16.0 Å². The summed E-state index contributed by atoms with van der Waals surface area (Å²) in [5, 5.41) is 4.71. The summed E-state index contributed by atoms with van der Waals surface area (Å²) in [6.45, 7) is 4.97. The van der Waals surface area contributed by atoms with Crippen molar-refractivity contribution in [3.63, 3.8) is 0 Å². The quantitative estimate of drug-likeness (QED) is 0.639. The number of thiazole rings is 1. The molecule has 0 radical (unpaired) electrons. The van der Waals surface area contributed by atoms with Crippen molar-refractivity contribution in [3.05, 3.63) is 41.5 Å². The van der Waals surface area contributed by atoms with E-state index in [0.717, 1.165) is 49.3 Å². The fraction of sp³-hybridized carbons (Fsp3) is 0.333. The van der Waals surface area contributed by atoms with Gasteiger partial charge in [0.1, 0.15) is 0 Å². The Morgan fingerprint density at radius 1 is 1.23 bits per heavy atom. The number of rotatable bonds is 5. The first-order chi connectivity index (χ1) is 12.7. The van der Waals surface area contributed by atoms with E-state index < -0.39 is 0 Å². The van der Waals surface area contributed by atoms with Crippen molar-refractivity contribution >= 4 is 39.0 Å². The van der Waals surface area contributed by atoms with Gasteiger partial charge in [-0.3, -0.25) is 14.6 Å². The number of aromatic nitrogens is 2. The lowest BCUT2D eigenvalue weighted by Gasteiger charge is -2.33. The number of nitrogen functional groups attached to an aromatic ring is 1. The Morgan fingerprint density at radius 2 is 2.04 bits per heavy atom. The van der Waals surface area contributed by atoms with Crippen molar-refractivity contribution in [2.45, 2.75) is 6.54 Å². The molecular formula is C18H22N6OS. The third-order valence-corrected chi connectivity index (χ3v) is 5.43. The maximum Gasteiger partial charge on any atom is 0.238 e. The molecule has 136 valence electrons. The number of nitrogens with zero attached hydrogens (tertiary/aromatic N) is 3. The molecule has 1 amide bonds. The number of amides is 1. The van der Waals surface area contributed by atoms with Crippen LogP contribution in [0.25, 0.3) is 10.9 Å². The van der Waals surface area contributed by atoms with E-state index in [0.29, 0.717) is 11.7 Å². The van der Waals surface area contributed by atoms with Crippen LogP contribution in [-0.4, -0.2) is 58.4 Å². The molecule has 4 N–H and O–H groups in total. The number of fused-ring (bicyclic) bond motifs is 1. The molecule has 8 heteroatoms. The molecule has 1 aliphatic heterocycles. The largest absolute Gasteiger partial charge is 0.375 e. The molecule has 1 aliphatic rings. The van der Waals surface area contributed by atoms with Gasteiger partial charge in [-0.25, -0.2) is 4.98 Å². The lowest BCUT2D eigenvalue weighted by Crippen LogP contribution is -2.48. The SMILES string of the molecule is Nc1ncc(CN2CCN(CC(=O)Nc3ccc4[nH]ccc4c3)CC2)s1. The smallest absolute Gasteiger partial charge is 0.238 e. The van der Waals surface area contributed by atoms with Crippen LogP contribution in [0.5, 0.6) is 0 Å². The molecule has 0 atom stereocenters. The molecule has 3 heterocycles. The normalized spacial score (nSPS) is 16.2. The minimum Gasteiger partial charge on any atom is -0.375 e. The molecule has 1 fully saturated rings. The van der Waals surface area contributed by atoms with Gasteiger partial charge >= 0.3 is 0 Å². The van der Waals surface area contributed by atoms with Crippen LogP contribution in [0.4, 0.5) is 10.8 Å². The third kappa shape index (κ3) is 4.04. The number of piperazine rings is 1. The zero-order valence-electron chi connectivity index (χ0n) is 14.4. The van der Waals surface area contributed by atoms with Crippen LogP contribution in [0.1, 0.15) is 4.88 Å². The van der Waals surface area contributed by atoms with Gasteiger partial charge in [-0.2, -0.15) is 0 Å². The lowest BCUT2D eigenvalue weighted by atomic mass is 10.2. The number of nitrogens with one attached hydrogen (secondary N) is 2. The number of carbonyl (C=O) groups excluding carboxylic acids is 1. The highest BCUT2D eigenvalue weighted by atomic mass is 32.1. The number of nitrogens with two attached hydrogens (primary N) is 1. The highest BCUT2D eigenvalue weighted by Crippen LogP contribution is 2.19. The van der Waals surface area contributed by atoms with Crippen LogP contribution in [0.2, 0.25) is 0 Å². The van der Waals surface area contributed by atoms with Crippen LogP contribution in [0.15, 0.2) is 36.7 Å². The predicted octanol–water partition coefficient (Wildman–Crippen LogP) is 1.96. The molecule has 26 heavy (non-hydrogen) atoms. The number of hydrogen-bond acceptors (Lipinski definition) is 6. The first kappa shape index (κ1) is 17.0. The van der Waals surface area contributed by atoms with Gasteiger partial charge in [-0.15, -0.1) is 11.3 Å². The number of H-pyrrole nitrogens is 1. The second-order valence-corrected chi connectivity index (χ2v) is 7.69. The van der Waals surface area contributed by atoms with Crippen molar-refractivity contribution < 1.29 is 4.79 Å². The number of aromatic amines is 1. The fourth-order valence-electron chi connectivity index (χ4n) is 3.26. The molecule has 0 saturated carbocycles. The third-order valence-electron chi connectivity index (χ3n) is 4.62. The minimum absolute atomic E-state index is 0.0311. The molecule has 3 aromatic rings. The van der Waals surface area contributed by atoms with Crippen LogP contribution in [0.3, 0.4) is 0 Å². The Hall–Kier alpha value is -2.42. The first-order valence-corrected chi connectivity index (χ1v) is 9.49. The van der Waals surface area contributed by atoms with Crippen molar-refractivity contribution in [1.82, 2.24) is 19.8 Å². The number of hydrogen-bond donors (Lipinski definition) is 3. The summed E-state index contributed by atoms with van der Waals surface area (Å²) in [4.78, 5) is 25.3. The molecule has 2 aromatic heterocycles. The Balaban J connectivity index is 1.25. The standard InChI is InChI=1S/C18H22N6OS/c19-18-21-10-15(26-18)11-23-5-7-24(8-6-23)12-17(25)22-14-1-2-16-13(9-14)3-4-20-16/h1-4,9-10,20H,5-8,11-12H2,(H2,19,21)(H,22,25). The summed E-state index contributed by atoms with van der Waals surface area (Å²) in [6, 6.07) is 7.90. The van der Waals surface area contributed by atoms with Gasteiger partial charge in [-0.1, -0.05) is 0 Å². The van der Waals surface area contributed by atoms with Gasteiger partial charge in [0, 0.05) is 66.6 Å². The van der Waals surface area contributed by atoms with E-state index >= 15 is 0 Å². The van der Waals surface area contributed by atoms with E-state index in [1.54, 1.807) is 11.3 Å². The van der Waals surface area contributed by atoms with Crippen LogP contribution < -0.4 is 11.1 Å². The highest BCUT2D eigenvalue weighted by Gasteiger charge is 2.19. The van der Waals surface area contributed by atoms with E-state index in [1.165, 1.54) is 4.88 Å². The van der Waals surface area contributed by atoms with Gasteiger partial charge in [0.05, 0.1) is 6.54 Å². The van der Waals surface area contributed by atoms with E-state index in [1.807, 2.05) is 36.7 Å². The Labute approximate surface area is 155 Å². The summed E-state index contributed by atoms with van der Waals surface area (Å²) >= 11 is 1.54. The molecule has 1 saturated heterocycles. The fourth-order valence-corrected chi connectivity index (χ4v) is 3.98. The molecule has 0 spiro atoms. The van der Waals surface area contributed by atoms with Crippen LogP contribution >= 0.6 is 11.3 Å². The Kier molecular flexibility index (Phi) is 4.87. The zero-order chi connectivity index (χ0) is 17.9. The maximum atomic E-state index is 12.3.